The molecule has 20 heavy (non-hydrogen) atoms. The number of ether oxygens (including phenoxy) is 1. The predicted octanol–water partition coefficient (Wildman–Crippen LogP) is 2.77. The summed E-state index contributed by atoms with van der Waals surface area (Å²) in [5.74, 6) is -0.0361. The molecule has 6 heteroatoms. The zero-order valence-corrected chi connectivity index (χ0v) is 12.9. The summed E-state index contributed by atoms with van der Waals surface area (Å²) in [6, 6.07) is 0. The molecule has 0 amide bonds. The second-order valence-electron chi connectivity index (χ2n) is 5.42. The second-order valence-corrected chi connectivity index (χ2v) is 5.42. The molecule has 1 aromatic rings. The smallest absolute Gasteiger partial charge is 0.310 e. The summed E-state index contributed by atoms with van der Waals surface area (Å²) in [7, 11) is 0. The minimum atomic E-state index is -0.848. The van der Waals surface area contributed by atoms with Crippen molar-refractivity contribution in [3.63, 3.8) is 0 Å². The highest BCUT2D eigenvalue weighted by Crippen LogP contribution is 2.31. The Balaban J connectivity index is 2.95. The van der Waals surface area contributed by atoms with Gasteiger partial charge in [0.15, 0.2) is 0 Å². The molecule has 114 valence electrons. The van der Waals surface area contributed by atoms with Gasteiger partial charge in [0.1, 0.15) is 5.60 Å². The van der Waals surface area contributed by atoms with Crippen molar-refractivity contribution in [1.29, 1.82) is 0 Å². The Bertz CT molecular complexity index is 450. The number of nitrogens with zero attached hydrogens (tertiary/aromatic N) is 2. The van der Waals surface area contributed by atoms with Crippen LogP contribution in [0.4, 0.5) is 0 Å². The van der Waals surface area contributed by atoms with E-state index in [0.29, 0.717) is 31.2 Å². The summed E-state index contributed by atoms with van der Waals surface area (Å²) in [4.78, 5) is 15.8. The molecule has 1 heterocycles. The molecule has 0 aliphatic heterocycles. The third kappa shape index (κ3) is 3.36. The fraction of sp³-hybridized carbons (Fsp3) is 0.786. The van der Waals surface area contributed by atoms with E-state index in [-0.39, 0.29) is 6.42 Å². The second kappa shape index (κ2) is 6.35. The standard InChI is InChI=1S/C14H24N2O4/c1-6-14(7-2,12(17)18)9-10-15-11(16-20-10)13(4,5)19-8-3/h6-9H2,1-5H3,(H,17,18). The lowest BCUT2D eigenvalue weighted by atomic mass is 9.79. The third-order valence-corrected chi connectivity index (χ3v) is 3.81. The number of carbonyl (C=O) groups is 1. The molecule has 0 unspecified atom stereocenters. The van der Waals surface area contributed by atoms with Crippen LogP contribution in [0, 0.1) is 5.41 Å². The van der Waals surface area contributed by atoms with Crippen molar-refractivity contribution in [1.82, 2.24) is 10.1 Å². The number of aliphatic carboxylic acids is 1. The van der Waals surface area contributed by atoms with Crippen LogP contribution >= 0.6 is 0 Å². The molecule has 0 radical (unpaired) electrons. The zero-order valence-electron chi connectivity index (χ0n) is 12.9. The van der Waals surface area contributed by atoms with Crippen molar-refractivity contribution >= 4 is 5.97 Å². The van der Waals surface area contributed by atoms with Crippen molar-refractivity contribution in [2.24, 2.45) is 5.41 Å². The Morgan fingerprint density at radius 3 is 2.35 bits per heavy atom. The van der Waals surface area contributed by atoms with Crippen molar-refractivity contribution in [2.45, 2.75) is 59.5 Å². The van der Waals surface area contributed by atoms with Gasteiger partial charge in [0.05, 0.1) is 5.41 Å². The van der Waals surface area contributed by atoms with Gasteiger partial charge in [0, 0.05) is 13.0 Å². The Hall–Kier alpha value is -1.43. The van der Waals surface area contributed by atoms with Crippen LogP contribution in [0.5, 0.6) is 0 Å². The summed E-state index contributed by atoms with van der Waals surface area (Å²) in [5.41, 5.74) is -1.49. The predicted molar refractivity (Wildman–Crippen MR) is 73.3 cm³/mol. The maximum Gasteiger partial charge on any atom is 0.310 e. The van der Waals surface area contributed by atoms with E-state index in [0.717, 1.165) is 0 Å². The minimum absolute atomic E-state index is 0.241. The number of hydrogen-bond acceptors (Lipinski definition) is 5. The lowest BCUT2D eigenvalue weighted by Gasteiger charge is -2.24. The van der Waals surface area contributed by atoms with E-state index in [1.165, 1.54) is 0 Å². The molecule has 0 spiro atoms. The molecule has 6 nitrogen and oxygen atoms in total. The molecule has 0 aromatic carbocycles. The van der Waals surface area contributed by atoms with E-state index in [9.17, 15) is 9.90 Å². The van der Waals surface area contributed by atoms with Crippen LogP contribution in [0.25, 0.3) is 0 Å². The maximum absolute atomic E-state index is 11.5. The van der Waals surface area contributed by atoms with Gasteiger partial charge in [-0.1, -0.05) is 19.0 Å². The van der Waals surface area contributed by atoms with Gasteiger partial charge in [-0.15, -0.1) is 0 Å². The quantitative estimate of drug-likeness (QED) is 0.790. The molecule has 0 fully saturated rings. The molecule has 0 saturated heterocycles. The summed E-state index contributed by atoms with van der Waals surface area (Å²) >= 11 is 0. The average molecular weight is 284 g/mol. The monoisotopic (exact) mass is 284 g/mol. The van der Waals surface area contributed by atoms with Gasteiger partial charge in [-0.05, 0) is 33.6 Å². The molecule has 0 aliphatic carbocycles. The number of aromatic nitrogens is 2. The molecule has 1 rings (SSSR count). The molecule has 0 bridgehead atoms. The van der Waals surface area contributed by atoms with Gasteiger partial charge in [-0.2, -0.15) is 4.98 Å². The van der Waals surface area contributed by atoms with Gasteiger partial charge < -0.3 is 14.4 Å². The first-order valence-electron chi connectivity index (χ1n) is 7.01. The minimum Gasteiger partial charge on any atom is -0.481 e. The van der Waals surface area contributed by atoms with Gasteiger partial charge in [0.2, 0.25) is 11.7 Å². The van der Waals surface area contributed by atoms with Crippen LogP contribution in [0.2, 0.25) is 0 Å². The van der Waals surface area contributed by atoms with Crippen LogP contribution in [-0.4, -0.2) is 27.8 Å². The first-order chi connectivity index (χ1) is 9.31. The lowest BCUT2D eigenvalue weighted by molar-refractivity contribution is -0.149. The highest BCUT2D eigenvalue weighted by atomic mass is 16.5. The summed E-state index contributed by atoms with van der Waals surface area (Å²) in [5, 5.41) is 13.3. The number of hydrogen-bond donors (Lipinski definition) is 1. The van der Waals surface area contributed by atoms with Crippen molar-refractivity contribution in [3.8, 4) is 0 Å². The van der Waals surface area contributed by atoms with E-state index in [4.69, 9.17) is 9.26 Å². The van der Waals surface area contributed by atoms with E-state index in [2.05, 4.69) is 10.1 Å². The largest absolute Gasteiger partial charge is 0.481 e. The normalized spacial score (nSPS) is 12.7. The van der Waals surface area contributed by atoms with Crippen LogP contribution < -0.4 is 0 Å². The van der Waals surface area contributed by atoms with Crippen LogP contribution in [0.3, 0.4) is 0 Å². The van der Waals surface area contributed by atoms with Crippen molar-refractivity contribution in [2.75, 3.05) is 6.61 Å². The van der Waals surface area contributed by atoms with Gasteiger partial charge in [-0.3, -0.25) is 4.79 Å². The number of carboxylic acid groups (broad SMARTS) is 1. The first kappa shape index (κ1) is 16.6. The van der Waals surface area contributed by atoms with Crippen LogP contribution in [-0.2, 0) is 21.6 Å². The molecular weight excluding hydrogens is 260 g/mol. The maximum atomic E-state index is 11.5. The van der Waals surface area contributed by atoms with E-state index in [1.807, 2.05) is 34.6 Å². The number of carboxylic acids is 1. The van der Waals surface area contributed by atoms with Crippen LogP contribution in [0.15, 0.2) is 4.52 Å². The lowest BCUT2D eigenvalue weighted by Crippen LogP contribution is -2.32. The molecule has 0 aliphatic rings. The topological polar surface area (TPSA) is 85.5 Å². The van der Waals surface area contributed by atoms with Crippen LogP contribution in [0.1, 0.15) is 59.2 Å². The van der Waals surface area contributed by atoms with Gasteiger partial charge in [-0.25, -0.2) is 0 Å². The fourth-order valence-electron chi connectivity index (χ4n) is 2.16. The fourth-order valence-corrected chi connectivity index (χ4v) is 2.16. The summed E-state index contributed by atoms with van der Waals surface area (Å²) in [6.45, 7) is 9.87. The Morgan fingerprint density at radius 1 is 1.30 bits per heavy atom. The molecule has 1 aromatic heterocycles. The molecule has 0 atom stereocenters. The molecule has 0 saturated carbocycles. The Morgan fingerprint density at radius 2 is 1.90 bits per heavy atom. The van der Waals surface area contributed by atoms with E-state index >= 15 is 0 Å². The highest BCUT2D eigenvalue weighted by molar-refractivity contribution is 5.74. The molecular formula is C14H24N2O4. The van der Waals surface area contributed by atoms with Gasteiger partial charge >= 0.3 is 5.97 Å². The van der Waals surface area contributed by atoms with Gasteiger partial charge in [0.25, 0.3) is 0 Å². The van der Waals surface area contributed by atoms with E-state index < -0.39 is 17.0 Å². The Labute approximate surface area is 119 Å². The SMILES string of the molecule is CCOC(C)(C)c1noc(CC(CC)(CC)C(=O)O)n1. The average Bonchev–Trinajstić information content (AvgIpc) is 2.84. The number of rotatable bonds is 8. The summed E-state index contributed by atoms with van der Waals surface area (Å²) in [6.07, 6.45) is 1.28. The van der Waals surface area contributed by atoms with E-state index in [1.54, 1.807) is 0 Å². The highest BCUT2D eigenvalue weighted by Gasteiger charge is 2.38. The Kier molecular flexibility index (Phi) is 5.28. The zero-order chi connectivity index (χ0) is 15.4. The van der Waals surface area contributed by atoms with Crippen molar-refractivity contribution < 1.29 is 19.2 Å². The molecule has 1 N–H and O–H groups in total. The van der Waals surface area contributed by atoms with Crippen molar-refractivity contribution in [3.05, 3.63) is 11.7 Å². The first-order valence-corrected chi connectivity index (χ1v) is 7.01. The summed E-state index contributed by atoms with van der Waals surface area (Å²) < 4.78 is 10.8. The third-order valence-electron chi connectivity index (χ3n) is 3.81.